The van der Waals surface area contributed by atoms with Gasteiger partial charge in [-0.25, -0.2) is 0 Å². The van der Waals surface area contributed by atoms with Crippen LogP contribution in [-0.4, -0.2) is 18.5 Å². The Hall–Kier alpha value is -0.570. The monoisotopic (exact) mass is 198 g/mol. The molecule has 0 spiro atoms. The van der Waals surface area contributed by atoms with Crippen molar-refractivity contribution in [1.29, 1.82) is 0 Å². The maximum atomic E-state index is 11.8. The van der Waals surface area contributed by atoms with Gasteiger partial charge in [0.15, 0.2) is 0 Å². The molecule has 0 aliphatic heterocycles. The number of nitrogens with one attached hydrogen (secondary N) is 1. The minimum absolute atomic E-state index is 0.142. The fourth-order valence-electron chi connectivity index (χ4n) is 1.99. The first kappa shape index (κ1) is 11.5. The van der Waals surface area contributed by atoms with E-state index < -0.39 is 0 Å². The molecule has 1 fully saturated rings. The number of nitrogens with two attached hydrogens (primary N) is 1. The van der Waals surface area contributed by atoms with Crippen molar-refractivity contribution in [3.8, 4) is 0 Å². The van der Waals surface area contributed by atoms with Gasteiger partial charge < -0.3 is 11.1 Å². The first-order valence-corrected chi connectivity index (χ1v) is 5.65. The van der Waals surface area contributed by atoms with Crippen LogP contribution in [0.3, 0.4) is 0 Å². The zero-order valence-electron chi connectivity index (χ0n) is 9.25. The molecule has 3 heteroatoms. The number of carbonyl (C=O) groups excluding carboxylic acids is 1. The predicted octanol–water partition coefficient (Wildman–Crippen LogP) is 1.28. The molecule has 1 saturated carbocycles. The van der Waals surface area contributed by atoms with E-state index in [-0.39, 0.29) is 17.9 Å². The summed E-state index contributed by atoms with van der Waals surface area (Å²) in [7, 11) is 0. The van der Waals surface area contributed by atoms with Crippen LogP contribution >= 0.6 is 0 Å². The fourth-order valence-corrected chi connectivity index (χ4v) is 1.99. The van der Waals surface area contributed by atoms with Crippen molar-refractivity contribution in [3.05, 3.63) is 0 Å². The molecule has 14 heavy (non-hydrogen) atoms. The fraction of sp³-hybridized carbons (Fsp3) is 0.909. The van der Waals surface area contributed by atoms with E-state index in [1.807, 2.05) is 0 Å². The molecule has 1 aliphatic carbocycles. The summed E-state index contributed by atoms with van der Waals surface area (Å²) >= 11 is 0. The first-order valence-electron chi connectivity index (χ1n) is 5.65. The van der Waals surface area contributed by atoms with Crippen LogP contribution < -0.4 is 11.1 Å². The van der Waals surface area contributed by atoms with Gasteiger partial charge in [0, 0.05) is 18.5 Å². The Morgan fingerprint density at radius 3 is 2.43 bits per heavy atom. The van der Waals surface area contributed by atoms with Gasteiger partial charge in [0.25, 0.3) is 0 Å². The van der Waals surface area contributed by atoms with E-state index in [0.717, 1.165) is 12.8 Å². The minimum Gasteiger partial charge on any atom is -0.352 e. The van der Waals surface area contributed by atoms with Crippen molar-refractivity contribution in [2.45, 2.75) is 45.6 Å². The van der Waals surface area contributed by atoms with Crippen molar-refractivity contribution < 1.29 is 4.79 Å². The SMILES string of the molecule is CC(C)C(CN)NC(=O)C1CCCC1. The summed E-state index contributed by atoms with van der Waals surface area (Å²) in [6.07, 6.45) is 4.52. The molecule has 3 N–H and O–H groups in total. The highest BCUT2D eigenvalue weighted by Gasteiger charge is 2.24. The summed E-state index contributed by atoms with van der Waals surface area (Å²) < 4.78 is 0. The Morgan fingerprint density at radius 2 is 2.00 bits per heavy atom. The summed E-state index contributed by atoms with van der Waals surface area (Å²) in [4.78, 5) is 11.8. The molecular formula is C11H22N2O. The van der Waals surface area contributed by atoms with Gasteiger partial charge in [0.1, 0.15) is 0 Å². The van der Waals surface area contributed by atoms with Crippen molar-refractivity contribution in [2.75, 3.05) is 6.54 Å². The van der Waals surface area contributed by atoms with Crippen LogP contribution in [-0.2, 0) is 4.79 Å². The van der Waals surface area contributed by atoms with E-state index in [4.69, 9.17) is 5.73 Å². The van der Waals surface area contributed by atoms with E-state index in [0.29, 0.717) is 12.5 Å². The quantitative estimate of drug-likeness (QED) is 0.715. The zero-order chi connectivity index (χ0) is 10.6. The average molecular weight is 198 g/mol. The van der Waals surface area contributed by atoms with Crippen LogP contribution in [0, 0.1) is 11.8 Å². The highest BCUT2D eigenvalue weighted by atomic mass is 16.1. The molecule has 0 heterocycles. The molecule has 0 aromatic heterocycles. The topological polar surface area (TPSA) is 55.1 Å². The third-order valence-corrected chi connectivity index (χ3v) is 3.11. The van der Waals surface area contributed by atoms with Gasteiger partial charge in [-0.05, 0) is 18.8 Å². The standard InChI is InChI=1S/C11H22N2O/c1-8(2)10(7-12)13-11(14)9-5-3-4-6-9/h8-10H,3-7,12H2,1-2H3,(H,13,14). The van der Waals surface area contributed by atoms with Crippen LogP contribution in [0.4, 0.5) is 0 Å². The maximum Gasteiger partial charge on any atom is 0.223 e. The maximum absolute atomic E-state index is 11.8. The Morgan fingerprint density at radius 1 is 1.43 bits per heavy atom. The summed E-state index contributed by atoms with van der Waals surface area (Å²) in [6, 6.07) is 0.142. The molecule has 0 saturated heterocycles. The summed E-state index contributed by atoms with van der Waals surface area (Å²) in [5.74, 6) is 0.889. The highest BCUT2D eigenvalue weighted by Crippen LogP contribution is 2.24. The van der Waals surface area contributed by atoms with Crippen molar-refractivity contribution in [2.24, 2.45) is 17.6 Å². The highest BCUT2D eigenvalue weighted by molar-refractivity contribution is 5.79. The van der Waals surface area contributed by atoms with Crippen LogP contribution in [0.1, 0.15) is 39.5 Å². The van der Waals surface area contributed by atoms with Gasteiger partial charge in [-0.1, -0.05) is 26.7 Å². The van der Waals surface area contributed by atoms with Crippen LogP contribution in [0.15, 0.2) is 0 Å². The lowest BCUT2D eigenvalue weighted by Crippen LogP contribution is -2.45. The van der Waals surface area contributed by atoms with Gasteiger partial charge in [-0.3, -0.25) is 4.79 Å². The second-order valence-corrected chi connectivity index (χ2v) is 4.58. The van der Waals surface area contributed by atoms with Crippen LogP contribution in [0.25, 0.3) is 0 Å². The second-order valence-electron chi connectivity index (χ2n) is 4.58. The number of carbonyl (C=O) groups is 1. The van der Waals surface area contributed by atoms with E-state index in [1.54, 1.807) is 0 Å². The van der Waals surface area contributed by atoms with Gasteiger partial charge in [0.05, 0.1) is 0 Å². The Kier molecular flexibility index (Phi) is 4.39. The number of rotatable bonds is 4. The molecule has 1 atom stereocenters. The third-order valence-electron chi connectivity index (χ3n) is 3.11. The van der Waals surface area contributed by atoms with Crippen LogP contribution in [0.5, 0.6) is 0 Å². The smallest absolute Gasteiger partial charge is 0.223 e. The molecule has 0 aromatic carbocycles. The minimum atomic E-state index is 0.142. The summed E-state index contributed by atoms with van der Waals surface area (Å²) in [5.41, 5.74) is 5.61. The molecular weight excluding hydrogens is 176 g/mol. The van der Waals surface area contributed by atoms with E-state index in [9.17, 15) is 4.79 Å². The number of amides is 1. The summed E-state index contributed by atoms with van der Waals surface area (Å²) in [5, 5.41) is 3.04. The average Bonchev–Trinajstić information content (AvgIpc) is 2.65. The zero-order valence-corrected chi connectivity index (χ0v) is 9.25. The van der Waals surface area contributed by atoms with E-state index >= 15 is 0 Å². The Balaban J connectivity index is 2.37. The van der Waals surface area contributed by atoms with Crippen molar-refractivity contribution in [1.82, 2.24) is 5.32 Å². The largest absolute Gasteiger partial charge is 0.352 e. The molecule has 82 valence electrons. The molecule has 1 amide bonds. The van der Waals surface area contributed by atoms with E-state index in [2.05, 4.69) is 19.2 Å². The van der Waals surface area contributed by atoms with Gasteiger partial charge in [-0.2, -0.15) is 0 Å². The lowest BCUT2D eigenvalue weighted by Gasteiger charge is -2.22. The Labute approximate surface area is 86.4 Å². The lowest BCUT2D eigenvalue weighted by molar-refractivity contribution is -0.125. The number of hydrogen-bond donors (Lipinski definition) is 2. The van der Waals surface area contributed by atoms with E-state index in [1.165, 1.54) is 12.8 Å². The molecule has 0 aromatic rings. The van der Waals surface area contributed by atoms with Gasteiger partial charge >= 0.3 is 0 Å². The van der Waals surface area contributed by atoms with Crippen molar-refractivity contribution in [3.63, 3.8) is 0 Å². The normalized spacial score (nSPS) is 20.0. The predicted molar refractivity (Wildman–Crippen MR) is 57.8 cm³/mol. The number of hydrogen-bond acceptors (Lipinski definition) is 2. The molecule has 3 nitrogen and oxygen atoms in total. The molecule has 0 bridgehead atoms. The van der Waals surface area contributed by atoms with Gasteiger partial charge in [0.2, 0.25) is 5.91 Å². The van der Waals surface area contributed by atoms with Crippen molar-refractivity contribution >= 4 is 5.91 Å². The lowest BCUT2D eigenvalue weighted by atomic mass is 10.0. The molecule has 0 radical (unpaired) electrons. The Bertz CT molecular complexity index is 186. The molecule has 1 unspecified atom stereocenters. The van der Waals surface area contributed by atoms with Gasteiger partial charge in [-0.15, -0.1) is 0 Å². The van der Waals surface area contributed by atoms with Crippen LogP contribution in [0.2, 0.25) is 0 Å². The first-order chi connectivity index (χ1) is 6.65. The molecule has 1 rings (SSSR count). The summed E-state index contributed by atoms with van der Waals surface area (Å²) in [6.45, 7) is 4.72. The molecule has 1 aliphatic rings. The third kappa shape index (κ3) is 2.98. The second kappa shape index (κ2) is 5.35.